The zero-order valence-corrected chi connectivity index (χ0v) is 10.5. The molecule has 1 aromatic rings. The average Bonchev–Trinajstić information content (AvgIpc) is 3.19. The number of carboxylic acids is 1. The van der Waals surface area contributed by atoms with Gasteiger partial charge in [-0.3, -0.25) is 4.79 Å². The van der Waals surface area contributed by atoms with Gasteiger partial charge in [-0.15, -0.1) is 0 Å². The lowest BCUT2D eigenvalue weighted by molar-refractivity contribution is -0.143. The molecule has 5 nitrogen and oxygen atoms in total. The average molecular weight is 260 g/mol. The molecule has 1 aromatic carbocycles. The molecule has 0 bridgehead atoms. The predicted molar refractivity (Wildman–Crippen MR) is 68.5 cm³/mol. The zero-order valence-electron chi connectivity index (χ0n) is 10.5. The highest BCUT2D eigenvalue weighted by atomic mass is 16.4. The Morgan fingerprint density at radius 2 is 1.95 bits per heavy atom. The molecule has 3 N–H and O–H groups in total. The Morgan fingerprint density at radius 3 is 2.58 bits per heavy atom. The minimum Gasteiger partial charge on any atom is -0.480 e. The second-order valence-corrected chi connectivity index (χ2v) is 5.28. The first kappa shape index (κ1) is 12.2. The van der Waals surface area contributed by atoms with Crippen LogP contribution in [0.15, 0.2) is 24.3 Å². The van der Waals surface area contributed by atoms with Gasteiger partial charge in [-0.05, 0) is 30.4 Å². The molecular formula is C14H16N2O3. The van der Waals surface area contributed by atoms with Gasteiger partial charge in [-0.2, -0.15) is 0 Å². The predicted octanol–water partition coefficient (Wildman–Crippen LogP) is 0.434. The van der Waals surface area contributed by atoms with E-state index in [1.54, 1.807) is 0 Å². The molecule has 1 atom stereocenters. The molecule has 1 amide bonds. The Balaban J connectivity index is 1.68. The van der Waals surface area contributed by atoms with Gasteiger partial charge in [-0.1, -0.05) is 24.3 Å². The molecule has 1 fully saturated rings. The molecule has 0 saturated heterocycles. The van der Waals surface area contributed by atoms with E-state index in [0.29, 0.717) is 25.8 Å². The van der Waals surface area contributed by atoms with Crippen molar-refractivity contribution in [2.45, 2.75) is 37.4 Å². The number of carboxylic acid groups (broad SMARTS) is 1. The standard InChI is InChI=1S/C14H16N2O3/c17-12(16-14(5-6-14)13(18)19)11-7-9-3-1-2-4-10(9)8-15-11/h1-4,11,15H,5-8H2,(H,16,17)(H,18,19)/t11-/m0/s1. The minimum absolute atomic E-state index is 0.214. The first-order valence-electron chi connectivity index (χ1n) is 6.46. The van der Waals surface area contributed by atoms with Crippen molar-refractivity contribution in [3.63, 3.8) is 0 Å². The van der Waals surface area contributed by atoms with E-state index in [0.717, 1.165) is 5.56 Å². The van der Waals surface area contributed by atoms with Crippen molar-refractivity contribution in [3.05, 3.63) is 35.4 Å². The number of fused-ring (bicyclic) bond motifs is 1. The van der Waals surface area contributed by atoms with Crippen LogP contribution < -0.4 is 10.6 Å². The van der Waals surface area contributed by atoms with Crippen LogP contribution >= 0.6 is 0 Å². The maximum Gasteiger partial charge on any atom is 0.329 e. The van der Waals surface area contributed by atoms with Crippen LogP contribution in [0.3, 0.4) is 0 Å². The SMILES string of the molecule is O=C(NC1(C(=O)O)CC1)[C@@H]1Cc2ccccc2CN1. The third kappa shape index (κ3) is 2.21. The van der Waals surface area contributed by atoms with Crippen molar-refractivity contribution in [2.24, 2.45) is 0 Å². The number of nitrogens with one attached hydrogen (secondary N) is 2. The van der Waals surface area contributed by atoms with E-state index in [1.807, 2.05) is 24.3 Å². The number of hydrogen-bond donors (Lipinski definition) is 3. The lowest BCUT2D eigenvalue weighted by Crippen LogP contribution is -2.53. The van der Waals surface area contributed by atoms with Crippen molar-refractivity contribution >= 4 is 11.9 Å². The van der Waals surface area contributed by atoms with Crippen molar-refractivity contribution in [2.75, 3.05) is 0 Å². The summed E-state index contributed by atoms with van der Waals surface area (Å²) in [6.45, 7) is 0.647. The summed E-state index contributed by atoms with van der Waals surface area (Å²) in [4.78, 5) is 23.2. The van der Waals surface area contributed by atoms with Gasteiger partial charge >= 0.3 is 5.97 Å². The Labute approximate surface area is 111 Å². The van der Waals surface area contributed by atoms with Crippen molar-refractivity contribution < 1.29 is 14.7 Å². The van der Waals surface area contributed by atoms with E-state index in [4.69, 9.17) is 5.11 Å². The summed E-state index contributed by atoms with van der Waals surface area (Å²) in [7, 11) is 0. The number of carbonyl (C=O) groups excluding carboxylic acids is 1. The van der Waals surface area contributed by atoms with Crippen LogP contribution in [0.4, 0.5) is 0 Å². The first-order valence-corrected chi connectivity index (χ1v) is 6.46. The van der Waals surface area contributed by atoms with Crippen LogP contribution in [0, 0.1) is 0 Å². The molecule has 1 aliphatic carbocycles. The molecule has 0 unspecified atom stereocenters. The zero-order chi connectivity index (χ0) is 13.5. The summed E-state index contributed by atoms with van der Waals surface area (Å²) in [6.07, 6.45) is 1.66. The third-order valence-corrected chi connectivity index (χ3v) is 3.92. The van der Waals surface area contributed by atoms with Gasteiger partial charge in [-0.25, -0.2) is 4.79 Å². The highest BCUT2D eigenvalue weighted by Crippen LogP contribution is 2.35. The third-order valence-electron chi connectivity index (χ3n) is 3.92. The normalized spacial score (nSPS) is 23.3. The van der Waals surface area contributed by atoms with Gasteiger partial charge in [0.25, 0.3) is 0 Å². The van der Waals surface area contributed by atoms with E-state index < -0.39 is 11.5 Å². The summed E-state index contributed by atoms with van der Waals surface area (Å²) >= 11 is 0. The first-order chi connectivity index (χ1) is 9.11. The Morgan fingerprint density at radius 1 is 1.26 bits per heavy atom. The molecule has 0 radical (unpaired) electrons. The van der Waals surface area contributed by atoms with Crippen LogP contribution in [-0.2, 0) is 22.6 Å². The molecule has 3 rings (SSSR count). The molecule has 2 aliphatic rings. The lowest BCUT2D eigenvalue weighted by Gasteiger charge is -2.26. The number of benzene rings is 1. The molecule has 0 aromatic heterocycles. The van der Waals surface area contributed by atoms with E-state index >= 15 is 0 Å². The fraction of sp³-hybridized carbons (Fsp3) is 0.429. The smallest absolute Gasteiger partial charge is 0.329 e. The molecule has 1 aliphatic heterocycles. The van der Waals surface area contributed by atoms with E-state index in [1.165, 1.54) is 5.56 Å². The summed E-state index contributed by atoms with van der Waals surface area (Å²) < 4.78 is 0. The molecule has 0 spiro atoms. The van der Waals surface area contributed by atoms with Crippen molar-refractivity contribution in [3.8, 4) is 0 Å². The summed E-state index contributed by atoms with van der Waals surface area (Å²) in [5.74, 6) is -1.15. The van der Waals surface area contributed by atoms with Crippen LogP contribution in [0.2, 0.25) is 0 Å². The summed E-state index contributed by atoms with van der Waals surface area (Å²) in [6, 6.07) is 7.65. The highest BCUT2D eigenvalue weighted by molar-refractivity contribution is 5.91. The Bertz CT molecular complexity index is 537. The highest BCUT2D eigenvalue weighted by Gasteiger charge is 2.52. The number of rotatable bonds is 3. The van der Waals surface area contributed by atoms with Crippen LogP contribution in [0.25, 0.3) is 0 Å². The van der Waals surface area contributed by atoms with Gasteiger partial charge in [0.05, 0.1) is 6.04 Å². The molecule has 1 heterocycles. The number of hydrogen-bond acceptors (Lipinski definition) is 3. The van der Waals surface area contributed by atoms with Gasteiger partial charge in [0.2, 0.25) is 5.91 Å². The topological polar surface area (TPSA) is 78.4 Å². The monoisotopic (exact) mass is 260 g/mol. The molecule has 19 heavy (non-hydrogen) atoms. The molecule has 1 saturated carbocycles. The van der Waals surface area contributed by atoms with E-state index in [2.05, 4.69) is 10.6 Å². The summed E-state index contributed by atoms with van der Waals surface area (Å²) in [5.41, 5.74) is 1.35. The fourth-order valence-corrected chi connectivity index (χ4v) is 2.48. The van der Waals surface area contributed by atoms with Crippen LogP contribution in [-0.4, -0.2) is 28.6 Å². The van der Waals surface area contributed by atoms with Crippen molar-refractivity contribution in [1.82, 2.24) is 10.6 Å². The molecule has 5 heteroatoms. The van der Waals surface area contributed by atoms with Gasteiger partial charge in [0.15, 0.2) is 0 Å². The van der Waals surface area contributed by atoms with Crippen LogP contribution in [0.1, 0.15) is 24.0 Å². The van der Waals surface area contributed by atoms with E-state index in [9.17, 15) is 9.59 Å². The summed E-state index contributed by atoms with van der Waals surface area (Å²) in [5, 5.41) is 14.9. The van der Waals surface area contributed by atoms with Crippen LogP contribution in [0.5, 0.6) is 0 Å². The Hall–Kier alpha value is -1.88. The molecular weight excluding hydrogens is 244 g/mol. The number of carbonyl (C=O) groups is 2. The quantitative estimate of drug-likeness (QED) is 0.736. The van der Waals surface area contributed by atoms with Gasteiger partial charge in [0.1, 0.15) is 5.54 Å². The van der Waals surface area contributed by atoms with Gasteiger partial charge in [0, 0.05) is 6.54 Å². The Kier molecular flexibility index (Phi) is 2.78. The second kappa shape index (κ2) is 4.35. The number of aliphatic carboxylic acids is 1. The molecule has 100 valence electrons. The number of amides is 1. The van der Waals surface area contributed by atoms with Crippen molar-refractivity contribution in [1.29, 1.82) is 0 Å². The minimum atomic E-state index is -1.00. The second-order valence-electron chi connectivity index (χ2n) is 5.28. The maximum atomic E-state index is 12.1. The van der Waals surface area contributed by atoms with Gasteiger partial charge < -0.3 is 15.7 Å². The fourth-order valence-electron chi connectivity index (χ4n) is 2.48. The van der Waals surface area contributed by atoms with E-state index in [-0.39, 0.29) is 11.9 Å². The maximum absolute atomic E-state index is 12.1. The lowest BCUT2D eigenvalue weighted by atomic mass is 9.95. The largest absolute Gasteiger partial charge is 0.480 e.